The van der Waals surface area contributed by atoms with Gasteiger partial charge in [0.05, 0.1) is 25.3 Å². The monoisotopic (exact) mass is 360 g/mol. The number of carbonyl (C=O) groups excluding carboxylic acids is 2. The number of allylic oxidation sites excluding steroid dienone is 2. The molecule has 1 aliphatic rings. The molecule has 2 N–H and O–H groups in total. The van der Waals surface area contributed by atoms with Crippen molar-refractivity contribution in [3.8, 4) is 11.5 Å². The quantitative estimate of drug-likeness (QED) is 0.577. The number of hydrogen-bond donors (Lipinski definition) is 2. The summed E-state index contributed by atoms with van der Waals surface area (Å²) in [5, 5.41) is 5.38. The molecule has 0 saturated carbocycles. The van der Waals surface area contributed by atoms with Crippen LogP contribution in [0.15, 0.2) is 41.6 Å². The number of hydrogen-bond acceptors (Lipinski definition) is 5. The fourth-order valence-corrected chi connectivity index (χ4v) is 2.65. The van der Waals surface area contributed by atoms with Crippen LogP contribution >= 0.6 is 0 Å². The fourth-order valence-electron chi connectivity index (χ4n) is 2.65. The first-order valence-corrected chi connectivity index (χ1v) is 8.39. The lowest BCUT2D eigenvalue weighted by atomic mass is 9.95. The Balaban J connectivity index is 2.39. The minimum absolute atomic E-state index is 0.166. The Hall–Kier alpha value is -2.96. The summed E-state index contributed by atoms with van der Waals surface area (Å²) in [5.41, 5.74) is 1.50. The molecule has 2 rings (SSSR count). The summed E-state index contributed by atoms with van der Waals surface area (Å²) >= 11 is 0. The molecule has 0 aromatic heterocycles. The number of ether oxygens (including phenoxy) is 3. The van der Waals surface area contributed by atoms with Crippen molar-refractivity contribution >= 4 is 12.0 Å². The van der Waals surface area contributed by atoms with E-state index in [2.05, 4.69) is 10.6 Å². The highest BCUT2D eigenvalue weighted by Gasteiger charge is 2.32. The second-order valence-electron chi connectivity index (χ2n) is 5.58. The molecule has 0 aliphatic carbocycles. The third kappa shape index (κ3) is 4.36. The Kier molecular flexibility index (Phi) is 6.66. The van der Waals surface area contributed by atoms with Gasteiger partial charge in [0.2, 0.25) is 0 Å². The average Bonchev–Trinajstić information content (AvgIpc) is 2.61. The van der Waals surface area contributed by atoms with Crippen LogP contribution in [0.1, 0.15) is 32.4 Å². The van der Waals surface area contributed by atoms with E-state index in [9.17, 15) is 9.59 Å². The maximum atomic E-state index is 12.5. The Bertz CT molecular complexity index is 739. The molecule has 1 aromatic rings. The van der Waals surface area contributed by atoms with Crippen LogP contribution in [0, 0.1) is 0 Å². The predicted molar refractivity (Wildman–Crippen MR) is 97.0 cm³/mol. The highest BCUT2D eigenvalue weighted by Crippen LogP contribution is 2.34. The van der Waals surface area contributed by atoms with Gasteiger partial charge in [-0.3, -0.25) is 0 Å². The topological polar surface area (TPSA) is 85.9 Å². The fraction of sp³-hybridized carbons (Fsp3) is 0.368. The van der Waals surface area contributed by atoms with Gasteiger partial charge in [0.25, 0.3) is 0 Å². The Morgan fingerprint density at radius 3 is 2.73 bits per heavy atom. The van der Waals surface area contributed by atoms with Crippen molar-refractivity contribution in [1.29, 1.82) is 0 Å². The van der Waals surface area contributed by atoms with E-state index in [0.29, 0.717) is 34.9 Å². The summed E-state index contributed by atoms with van der Waals surface area (Å²) in [5.74, 6) is 0.624. The van der Waals surface area contributed by atoms with E-state index in [4.69, 9.17) is 14.2 Å². The lowest BCUT2D eigenvalue weighted by Gasteiger charge is -2.28. The Morgan fingerprint density at radius 2 is 2.08 bits per heavy atom. The standard InChI is InChI=1S/C19H24N2O5/c1-5-7-10-26-18(22)16-12(3)20-19(23)21-17(16)13-8-9-14(25-6-2)15(11-13)24-4/h5,7-9,11,17H,6,10H2,1-4H3,(H2,20,21,23)/b7-5+/t17-/m0/s1. The zero-order valence-corrected chi connectivity index (χ0v) is 15.4. The maximum absolute atomic E-state index is 12.5. The summed E-state index contributed by atoms with van der Waals surface area (Å²) in [4.78, 5) is 24.5. The van der Waals surface area contributed by atoms with Gasteiger partial charge in [-0.25, -0.2) is 9.59 Å². The first-order valence-electron chi connectivity index (χ1n) is 8.39. The molecule has 1 heterocycles. The van der Waals surface area contributed by atoms with Crippen LogP contribution in [0.4, 0.5) is 4.79 Å². The van der Waals surface area contributed by atoms with E-state index in [1.54, 1.807) is 37.3 Å². The number of nitrogens with one attached hydrogen (secondary N) is 2. The average molecular weight is 360 g/mol. The highest BCUT2D eigenvalue weighted by atomic mass is 16.5. The van der Waals surface area contributed by atoms with Gasteiger partial charge in [-0.15, -0.1) is 0 Å². The van der Waals surface area contributed by atoms with Crippen molar-refractivity contribution in [1.82, 2.24) is 10.6 Å². The molecule has 26 heavy (non-hydrogen) atoms. The number of benzene rings is 1. The van der Waals surface area contributed by atoms with E-state index in [0.717, 1.165) is 0 Å². The number of esters is 1. The van der Waals surface area contributed by atoms with Crippen LogP contribution in [0.25, 0.3) is 0 Å². The molecule has 0 bridgehead atoms. The summed E-state index contributed by atoms with van der Waals surface area (Å²) in [6, 6.07) is 4.25. The third-order valence-corrected chi connectivity index (χ3v) is 3.86. The van der Waals surface area contributed by atoms with Crippen LogP contribution in [-0.2, 0) is 9.53 Å². The van der Waals surface area contributed by atoms with Crippen molar-refractivity contribution in [2.24, 2.45) is 0 Å². The lowest BCUT2D eigenvalue weighted by Crippen LogP contribution is -2.45. The van der Waals surface area contributed by atoms with Crippen LogP contribution in [0.2, 0.25) is 0 Å². The number of rotatable bonds is 7. The van der Waals surface area contributed by atoms with Crippen LogP contribution in [0.3, 0.4) is 0 Å². The third-order valence-electron chi connectivity index (χ3n) is 3.86. The van der Waals surface area contributed by atoms with E-state index in [-0.39, 0.29) is 12.6 Å². The largest absolute Gasteiger partial charge is 0.493 e. The Morgan fingerprint density at radius 1 is 1.31 bits per heavy atom. The summed E-state index contributed by atoms with van der Waals surface area (Å²) < 4.78 is 16.1. The lowest BCUT2D eigenvalue weighted by molar-refractivity contribution is -0.138. The van der Waals surface area contributed by atoms with Gasteiger partial charge in [-0.2, -0.15) is 0 Å². The van der Waals surface area contributed by atoms with Crippen LogP contribution in [-0.4, -0.2) is 32.3 Å². The van der Waals surface area contributed by atoms with Gasteiger partial charge in [0.1, 0.15) is 6.61 Å². The first kappa shape index (κ1) is 19.4. The maximum Gasteiger partial charge on any atom is 0.338 e. The number of methoxy groups -OCH3 is 1. The zero-order valence-electron chi connectivity index (χ0n) is 15.4. The molecule has 0 unspecified atom stereocenters. The molecule has 0 fully saturated rings. The molecule has 1 atom stereocenters. The van der Waals surface area contributed by atoms with Crippen molar-refractivity contribution in [2.75, 3.05) is 20.3 Å². The second-order valence-corrected chi connectivity index (χ2v) is 5.58. The molecular weight excluding hydrogens is 336 g/mol. The van der Waals surface area contributed by atoms with Crippen LogP contribution in [0.5, 0.6) is 11.5 Å². The van der Waals surface area contributed by atoms with Gasteiger partial charge in [0.15, 0.2) is 11.5 Å². The SMILES string of the molecule is C/C=C/COC(=O)C1=C(C)NC(=O)N[C@H]1c1ccc(OCC)c(OC)c1. The molecule has 0 radical (unpaired) electrons. The molecule has 1 aliphatic heterocycles. The highest BCUT2D eigenvalue weighted by molar-refractivity contribution is 5.95. The van der Waals surface area contributed by atoms with Gasteiger partial charge in [-0.1, -0.05) is 18.2 Å². The molecule has 140 valence electrons. The second kappa shape index (κ2) is 8.94. The molecule has 0 saturated heterocycles. The van der Waals surface area contributed by atoms with Gasteiger partial charge >= 0.3 is 12.0 Å². The Labute approximate surface area is 153 Å². The number of urea groups is 1. The van der Waals surface area contributed by atoms with E-state index >= 15 is 0 Å². The smallest absolute Gasteiger partial charge is 0.338 e. The van der Waals surface area contributed by atoms with E-state index in [1.807, 2.05) is 13.8 Å². The summed E-state index contributed by atoms with van der Waals surface area (Å²) in [7, 11) is 1.54. The van der Waals surface area contributed by atoms with Crippen molar-refractivity contribution < 1.29 is 23.8 Å². The minimum atomic E-state index is -0.647. The first-order chi connectivity index (χ1) is 12.5. The molecule has 2 amide bonds. The van der Waals surface area contributed by atoms with Crippen LogP contribution < -0.4 is 20.1 Å². The molecule has 1 aromatic carbocycles. The molecular formula is C19H24N2O5. The molecule has 0 spiro atoms. The minimum Gasteiger partial charge on any atom is -0.493 e. The zero-order chi connectivity index (χ0) is 19.1. The van der Waals surface area contributed by atoms with Crippen molar-refractivity contribution in [3.05, 3.63) is 47.2 Å². The van der Waals surface area contributed by atoms with Crippen molar-refractivity contribution in [2.45, 2.75) is 26.8 Å². The summed E-state index contributed by atoms with van der Waals surface area (Å²) in [6.45, 7) is 6.06. The van der Waals surface area contributed by atoms with E-state index < -0.39 is 12.0 Å². The normalized spacial score (nSPS) is 16.9. The number of amides is 2. The van der Waals surface area contributed by atoms with Gasteiger partial charge in [-0.05, 0) is 38.5 Å². The summed E-state index contributed by atoms with van der Waals surface area (Å²) in [6.07, 6.45) is 3.53. The van der Waals surface area contributed by atoms with Gasteiger partial charge < -0.3 is 24.8 Å². The van der Waals surface area contributed by atoms with Gasteiger partial charge in [0, 0.05) is 5.70 Å². The predicted octanol–water partition coefficient (Wildman–Crippen LogP) is 2.84. The molecule has 7 heteroatoms. The van der Waals surface area contributed by atoms with E-state index in [1.165, 1.54) is 7.11 Å². The number of carbonyl (C=O) groups is 2. The molecule has 7 nitrogen and oxygen atoms in total. The van der Waals surface area contributed by atoms with Crippen molar-refractivity contribution in [3.63, 3.8) is 0 Å².